The number of H-pyrrole nitrogens is 2. The summed E-state index contributed by atoms with van der Waals surface area (Å²) in [6.07, 6.45) is -0.0738. The highest BCUT2D eigenvalue weighted by Gasteiger charge is 2.09. The quantitative estimate of drug-likeness (QED) is 0.556. The molecule has 1 heterocycles. The molecule has 0 radical (unpaired) electrons. The van der Waals surface area contributed by atoms with E-state index in [1.165, 1.54) is 11.9 Å². The number of nitrogens with zero attached hydrogens (tertiary/aromatic N) is 1. The third-order valence-electron chi connectivity index (χ3n) is 2.02. The Bertz CT molecular complexity index is 448. The molecular formula is C9H13N3O4. The number of likely N-dealkylation sites (N-methyl/N-ethyl adjacent to an activating group) is 1. The highest BCUT2D eigenvalue weighted by atomic mass is 16.3. The van der Waals surface area contributed by atoms with Crippen LogP contribution in [0.15, 0.2) is 15.7 Å². The lowest BCUT2D eigenvalue weighted by Gasteiger charge is -2.15. The zero-order valence-electron chi connectivity index (χ0n) is 8.82. The first-order valence-electron chi connectivity index (χ1n) is 4.70. The van der Waals surface area contributed by atoms with Crippen molar-refractivity contribution >= 4 is 5.91 Å². The Hall–Kier alpha value is -1.89. The molecule has 16 heavy (non-hydrogen) atoms. The Morgan fingerprint density at radius 3 is 2.69 bits per heavy atom. The average molecular weight is 227 g/mol. The minimum absolute atomic E-state index is 0.0738. The summed E-state index contributed by atoms with van der Waals surface area (Å²) in [5.74, 6) is -0.282. The fourth-order valence-corrected chi connectivity index (χ4v) is 1.19. The Kier molecular flexibility index (Phi) is 4.01. The Labute approximate surface area is 90.7 Å². The molecule has 7 heteroatoms. The van der Waals surface area contributed by atoms with Crippen molar-refractivity contribution in [1.82, 2.24) is 14.9 Å². The summed E-state index contributed by atoms with van der Waals surface area (Å²) in [5, 5.41) is 8.63. The molecule has 0 aromatic carbocycles. The van der Waals surface area contributed by atoms with E-state index in [2.05, 4.69) is 4.98 Å². The van der Waals surface area contributed by atoms with Crippen molar-refractivity contribution < 1.29 is 9.90 Å². The number of carbonyl (C=O) groups excluding carboxylic acids is 1. The van der Waals surface area contributed by atoms with Crippen LogP contribution in [0.3, 0.4) is 0 Å². The van der Waals surface area contributed by atoms with Gasteiger partial charge in [-0.1, -0.05) is 0 Å². The van der Waals surface area contributed by atoms with Crippen molar-refractivity contribution in [2.45, 2.75) is 6.42 Å². The Morgan fingerprint density at radius 1 is 1.44 bits per heavy atom. The van der Waals surface area contributed by atoms with Crippen LogP contribution in [-0.2, 0) is 11.2 Å². The monoisotopic (exact) mass is 227 g/mol. The maximum Gasteiger partial charge on any atom is 0.325 e. The average Bonchev–Trinajstić information content (AvgIpc) is 2.16. The van der Waals surface area contributed by atoms with Crippen LogP contribution >= 0.6 is 0 Å². The van der Waals surface area contributed by atoms with Crippen molar-refractivity contribution in [3.63, 3.8) is 0 Å². The predicted octanol–water partition coefficient (Wildman–Crippen LogP) is -1.94. The first-order valence-corrected chi connectivity index (χ1v) is 4.70. The van der Waals surface area contributed by atoms with E-state index in [1.54, 1.807) is 0 Å². The molecule has 0 aliphatic carbocycles. The molecule has 0 saturated carbocycles. The molecule has 0 atom stereocenters. The minimum atomic E-state index is -0.639. The molecule has 0 fully saturated rings. The van der Waals surface area contributed by atoms with E-state index in [4.69, 9.17) is 5.11 Å². The largest absolute Gasteiger partial charge is 0.395 e. The Morgan fingerprint density at radius 2 is 2.12 bits per heavy atom. The van der Waals surface area contributed by atoms with Gasteiger partial charge in [-0.05, 0) is 0 Å². The molecular weight excluding hydrogens is 214 g/mol. The van der Waals surface area contributed by atoms with Gasteiger partial charge in [-0.2, -0.15) is 0 Å². The fourth-order valence-electron chi connectivity index (χ4n) is 1.19. The molecule has 7 nitrogen and oxygen atoms in total. The van der Waals surface area contributed by atoms with Gasteiger partial charge < -0.3 is 15.0 Å². The van der Waals surface area contributed by atoms with Gasteiger partial charge >= 0.3 is 5.69 Å². The van der Waals surface area contributed by atoms with Crippen LogP contribution in [0.25, 0.3) is 0 Å². The van der Waals surface area contributed by atoms with Gasteiger partial charge in [0.25, 0.3) is 5.56 Å². The van der Waals surface area contributed by atoms with Gasteiger partial charge in [0, 0.05) is 25.4 Å². The van der Waals surface area contributed by atoms with Crippen molar-refractivity contribution in [2.24, 2.45) is 0 Å². The first-order chi connectivity index (χ1) is 7.52. The molecule has 0 unspecified atom stereocenters. The van der Waals surface area contributed by atoms with Gasteiger partial charge in [-0.15, -0.1) is 0 Å². The normalized spacial score (nSPS) is 10.1. The highest BCUT2D eigenvalue weighted by molar-refractivity contribution is 5.77. The lowest BCUT2D eigenvalue weighted by Crippen LogP contribution is -2.32. The molecule has 0 aliphatic rings. The lowest BCUT2D eigenvalue weighted by atomic mass is 10.2. The predicted molar refractivity (Wildman–Crippen MR) is 56.1 cm³/mol. The van der Waals surface area contributed by atoms with Crippen molar-refractivity contribution in [2.75, 3.05) is 20.2 Å². The van der Waals surface area contributed by atoms with Crippen LogP contribution in [0, 0.1) is 0 Å². The van der Waals surface area contributed by atoms with E-state index in [9.17, 15) is 14.4 Å². The summed E-state index contributed by atoms with van der Waals surface area (Å²) in [4.78, 5) is 39.0. The molecule has 0 bridgehead atoms. The molecule has 0 spiro atoms. The van der Waals surface area contributed by atoms with Crippen LogP contribution in [0.4, 0.5) is 0 Å². The Balaban J connectivity index is 2.77. The van der Waals surface area contributed by atoms with Crippen LogP contribution in [0.5, 0.6) is 0 Å². The van der Waals surface area contributed by atoms with Crippen molar-refractivity contribution in [3.05, 3.63) is 32.6 Å². The van der Waals surface area contributed by atoms with Gasteiger partial charge in [-0.3, -0.25) is 14.6 Å². The molecule has 3 N–H and O–H groups in total. The molecule has 1 rings (SSSR count). The second kappa shape index (κ2) is 5.26. The number of aromatic nitrogens is 2. The number of hydrogen-bond acceptors (Lipinski definition) is 4. The number of carbonyl (C=O) groups is 1. The number of aromatic amines is 2. The molecule has 0 saturated heterocycles. The fraction of sp³-hybridized carbons (Fsp3) is 0.444. The third-order valence-corrected chi connectivity index (χ3v) is 2.02. The summed E-state index contributed by atoms with van der Waals surface area (Å²) >= 11 is 0. The van der Waals surface area contributed by atoms with Gasteiger partial charge in [0.2, 0.25) is 5.91 Å². The second-order valence-electron chi connectivity index (χ2n) is 3.33. The smallest absolute Gasteiger partial charge is 0.325 e. The molecule has 1 amide bonds. The highest BCUT2D eigenvalue weighted by Crippen LogP contribution is 1.93. The van der Waals surface area contributed by atoms with E-state index in [-0.39, 0.29) is 31.2 Å². The maximum absolute atomic E-state index is 11.5. The zero-order valence-corrected chi connectivity index (χ0v) is 8.82. The van der Waals surface area contributed by atoms with Gasteiger partial charge in [0.1, 0.15) is 0 Å². The summed E-state index contributed by atoms with van der Waals surface area (Å²) in [6.45, 7) is 0.0837. The number of rotatable bonds is 4. The maximum atomic E-state index is 11.5. The topological polar surface area (TPSA) is 106 Å². The molecule has 0 aliphatic heterocycles. The summed E-state index contributed by atoms with van der Waals surface area (Å²) in [6, 6.07) is 1.16. The minimum Gasteiger partial charge on any atom is -0.395 e. The van der Waals surface area contributed by atoms with E-state index in [1.807, 2.05) is 4.98 Å². The van der Waals surface area contributed by atoms with E-state index in [0.717, 1.165) is 6.07 Å². The van der Waals surface area contributed by atoms with E-state index >= 15 is 0 Å². The van der Waals surface area contributed by atoms with Crippen molar-refractivity contribution in [3.8, 4) is 0 Å². The van der Waals surface area contributed by atoms with Gasteiger partial charge in [-0.25, -0.2) is 4.79 Å². The van der Waals surface area contributed by atoms with Gasteiger partial charge in [0.15, 0.2) is 0 Å². The molecule has 1 aromatic heterocycles. The number of nitrogens with one attached hydrogen (secondary N) is 2. The van der Waals surface area contributed by atoms with Crippen LogP contribution in [0.2, 0.25) is 0 Å². The van der Waals surface area contributed by atoms with Crippen LogP contribution in [0.1, 0.15) is 5.69 Å². The van der Waals surface area contributed by atoms with E-state index in [0.29, 0.717) is 0 Å². The second-order valence-corrected chi connectivity index (χ2v) is 3.33. The SMILES string of the molecule is CN(CCO)C(=O)Cc1cc(=O)[nH]c(=O)[nH]1. The standard InChI is InChI=1S/C9H13N3O4/c1-12(2-3-13)8(15)5-6-4-7(14)11-9(16)10-6/h4,13H,2-3,5H2,1H3,(H2,10,11,14,16). The zero-order chi connectivity index (χ0) is 12.1. The van der Waals surface area contributed by atoms with E-state index < -0.39 is 11.2 Å². The number of aliphatic hydroxyl groups excluding tert-OH is 1. The summed E-state index contributed by atoms with van der Waals surface area (Å²) in [5.41, 5.74) is -0.931. The number of amides is 1. The van der Waals surface area contributed by atoms with Crippen molar-refractivity contribution in [1.29, 1.82) is 0 Å². The summed E-state index contributed by atoms with van der Waals surface area (Å²) < 4.78 is 0. The number of hydrogen-bond donors (Lipinski definition) is 3. The molecule has 88 valence electrons. The third kappa shape index (κ3) is 3.35. The molecule has 1 aromatic rings. The van der Waals surface area contributed by atoms with Crippen LogP contribution < -0.4 is 11.2 Å². The number of aliphatic hydroxyl groups is 1. The summed E-state index contributed by atoms with van der Waals surface area (Å²) in [7, 11) is 1.53. The lowest BCUT2D eigenvalue weighted by molar-refractivity contribution is -0.129. The van der Waals surface area contributed by atoms with Crippen LogP contribution in [-0.4, -0.2) is 46.1 Å². The first kappa shape index (κ1) is 12.2. The van der Waals surface area contributed by atoms with Gasteiger partial charge in [0.05, 0.1) is 13.0 Å².